The van der Waals surface area contributed by atoms with Crippen LogP contribution in [0.15, 0.2) is 22.7 Å². The van der Waals surface area contributed by atoms with Crippen LogP contribution in [0.1, 0.15) is 31.2 Å². The summed E-state index contributed by atoms with van der Waals surface area (Å²) in [5.74, 6) is 0.819. The Balaban J connectivity index is 2.04. The lowest BCUT2D eigenvalue weighted by Crippen LogP contribution is -2.33. The smallest absolute Gasteiger partial charge is 0.150 e. The lowest BCUT2D eigenvalue weighted by molar-refractivity contribution is 0.156. The van der Waals surface area contributed by atoms with Gasteiger partial charge in [0.1, 0.15) is 15.6 Å². The van der Waals surface area contributed by atoms with E-state index in [-0.39, 0.29) is 11.4 Å². The predicted molar refractivity (Wildman–Crippen MR) is 80.4 cm³/mol. The Labute approximate surface area is 123 Å². The number of rotatable bonds is 3. The molecule has 0 N–H and O–H groups in total. The molecule has 1 aliphatic carbocycles. The molecule has 0 spiro atoms. The molecule has 0 bridgehead atoms. The Morgan fingerprint density at radius 3 is 2.68 bits per heavy atom. The second-order valence-electron chi connectivity index (χ2n) is 5.27. The molecule has 0 saturated heterocycles. The fourth-order valence-electron chi connectivity index (χ4n) is 2.48. The Morgan fingerprint density at radius 2 is 2.05 bits per heavy atom. The van der Waals surface area contributed by atoms with Crippen molar-refractivity contribution < 1.29 is 13.2 Å². The monoisotopic (exact) mass is 346 g/mol. The van der Waals surface area contributed by atoms with Gasteiger partial charge in [-0.1, -0.05) is 15.9 Å². The number of ether oxygens (including phenoxy) is 1. The summed E-state index contributed by atoms with van der Waals surface area (Å²) >= 11 is 3.46. The molecule has 2 rings (SSSR count). The first-order chi connectivity index (χ1) is 8.86. The summed E-state index contributed by atoms with van der Waals surface area (Å²) in [7, 11) is -2.95. The van der Waals surface area contributed by atoms with E-state index >= 15 is 0 Å². The largest absolute Gasteiger partial charge is 0.490 e. The van der Waals surface area contributed by atoms with E-state index in [1.807, 2.05) is 25.1 Å². The first-order valence-corrected chi connectivity index (χ1v) is 9.22. The lowest BCUT2D eigenvalue weighted by Gasteiger charge is -2.28. The van der Waals surface area contributed by atoms with E-state index in [4.69, 9.17) is 4.74 Å². The average molecular weight is 347 g/mol. The highest BCUT2D eigenvalue weighted by Crippen LogP contribution is 2.29. The van der Waals surface area contributed by atoms with E-state index in [1.54, 1.807) is 0 Å². The highest BCUT2D eigenvalue weighted by Gasteiger charge is 2.29. The third-order valence-corrected chi connectivity index (χ3v) is 6.14. The zero-order valence-corrected chi connectivity index (χ0v) is 13.6. The van der Waals surface area contributed by atoms with Gasteiger partial charge in [-0.05, 0) is 49.9 Å². The molecule has 2 atom stereocenters. The molecular weight excluding hydrogens is 328 g/mol. The van der Waals surface area contributed by atoms with Crippen LogP contribution >= 0.6 is 15.9 Å². The number of sulfone groups is 1. The molecule has 5 heteroatoms. The summed E-state index contributed by atoms with van der Waals surface area (Å²) in [6.45, 7) is 2.01. The van der Waals surface area contributed by atoms with Crippen molar-refractivity contribution >= 4 is 25.8 Å². The van der Waals surface area contributed by atoms with Crippen molar-refractivity contribution in [3.05, 3.63) is 28.2 Å². The van der Waals surface area contributed by atoms with Gasteiger partial charge in [0.15, 0.2) is 0 Å². The van der Waals surface area contributed by atoms with Gasteiger partial charge in [-0.15, -0.1) is 0 Å². The van der Waals surface area contributed by atoms with Gasteiger partial charge in [-0.2, -0.15) is 0 Å². The minimum absolute atomic E-state index is 0.00838. The van der Waals surface area contributed by atoms with Crippen molar-refractivity contribution in [3.63, 3.8) is 0 Å². The fraction of sp³-hybridized carbons (Fsp3) is 0.571. The van der Waals surface area contributed by atoms with Gasteiger partial charge in [0.25, 0.3) is 0 Å². The zero-order valence-electron chi connectivity index (χ0n) is 11.2. The van der Waals surface area contributed by atoms with Gasteiger partial charge in [-0.3, -0.25) is 0 Å². The summed E-state index contributed by atoms with van der Waals surface area (Å²) in [6, 6.07) is 5.86. The van der Waals surface area contributed by atoms with Crippen LogP contribution in [-0.4, -0.2) is 26.0 Å². The molecule has 1 saturated carbocycles. The van der Waals surface area contributed by atoms with Gasteiger partial charge < -0.3 is 4.74 Å². The second-order valence-corrected chi connectivity index (χ2v) is 8.45. The molecule has 106 valence electrons. The van der Waals surface area contributed by atoms with E-state index in [0.29, 0.717) is 6.42 Å². The van der Waals surface area contributed by atoms with Crippen LogP contribution < -0.4 is 4.74 Å². The molecule has 0 amide bonds. The number of hydrogen-bond acceptors (Lipinski definition) is 3. The van der Waals surface area contributed by atoms with Gasteiger partial charge in [0.2, 0.25) is 0 Å². The van der Waals surface area contributed by atoms with E-state index in [0.717, 1.165) is 35.0 Å². The Hall–Kier alpha value is -0.550. The number of benzene rings is 1. The van der Waals surface area contributed by atoms with Crippen molar-refractivity contribution in [2.24, 2.45) is 0 Å². The maximum atomic E-state index is 11.6. The average Bonchev–Trinajstić information content (AvgIpc) is 2.33. The Kier molecular flexibility index (Phi) is 4.56. The molecule has 19 heavy (non-hydrogen) atoms. The standard InChI is InChI=1S/C14H19BrO3S/c1-10-8-12(6-7-14(10)15)18-11-4-3-5-13(9-11)19(2,16)17/h6-8,11,13H,3-5,9H2,1-2H3. The SMILES string of the molecule is Cc1cc(OC2CCCC(S(C)(=O)=O)C2)ccc1Br. The molecule has 1 fully saturated rings. The van der Waals surface area contributed by atoms with Crippen LogP contribution in [0.25, 0.3) is 0 Å². The summed E-state index contributed by atoms with van der Waals surface area (Å²) in [4.78, 5) is 0. The molecule has 0 aromatic heterocycles. The number of hydrogen-bond donors (Lipinski definition) is 0. The van der Waals surface area contributed by atoms with Gasteiger partial charge in [0.05, 0.1) is 11.4 Å². The van der Waals surface area contributed by atoms with Crippen molar-refractivity contribution in [1.82, 2.24) is 0 Å². The van der Waals surface area contributed by atoms with Crippen LogP contribution in [-0.2, 0) is 9.84 Å². The third kappa shape index (κ3) is 3.96. The van der Waals surface area contributed by atoms with E-state index < -0.39 is 9.84 Å². The predicted octanol–water partition coefficient (Wildman–Crippen LogP) is 3.49. The van der Waals surface area contributed by atoms with Crippen LogP contribution in [0.4, 0.5) is 0 Å². The molecule has 1 aliphatic rings. The van der Waals surface area contributed by atoms with Gasteiger partial charge in [0, 0.05) is 17.1 Å². The van der Waals surface area contributed by atoms with Gasteiger partial charge in [-0.25, -0.2) is 8.42 Å². The normalized spacial score (nSPS) is 24.2. The molecule has 1 aromatic rings. The molecule has 0 heterocycles. The molecular formula is C14H19BrO3S. The summed E-state index contributed by atoms with van der Waals surface area (Å²) in [5, 5.41) is -0.247. The molecule has 1 aromatic carbocycles. The Morgan fingerprint density at radius 1 is 1.32 bits per heavy atom. The van der Waals surface area contributed by atoms with Crippen LogP contribution in [0.5, 0.6) is 5.75 Å². The first-order valence-electron chi connectivity index (χ1n) is 6.48. The minimum Gasteiger partial charge on any atom is -0.490 e. The van der Waals surface area contributed by atoms with Gasteiger partial charge >= 0.3 is 0 Å². The van der Waals surface area contributed by atoms with E-state index in [2.05, 4.69) is 15.9 Å². The zero-order chi connectivity index (χ0) is 14.0. The van der Waals surface area contributed by atoms with Crippen molar-refractivity contribution in [2.75, 3.05) is 6.26 Å². The van der Waals surface area contributed by atoms with Crippen LogP contribution in [0.3, 0.4) is 0 Å². The number of aryl methyl sites for hydroxylation is 1. The quantitative estimate of drug-likeness (QED) is 0.841. The van der Waals surface area contributed by atoms with E-state index in [1.165, 1.54) is 6.26 Å². The van der Waals surface area contributed by atoms with Crippen molar-refractivity contribution in [3.8, 4) is 5.75 Å². The second kappa shape index (κ2) is 5.83. The lowest BCUT2D eigenvalue weighted by atomic mass is 9.97. The summed E-state index contributed by atoms with van der Waals surface area (Å²) < 4.78 is 30.2. The van der Waals surface area contributed by atoms with Crippen LogP contribution in [0, 0.1) is 6.92 Å². The molecule has 2 unspecified atom stereocenters. The Bertz CT molecular complexity index is 554. The number of halogens is 1. The van der Waals surface area contributed by atoms with E-state index in [9.17, 15) is 8.42 Å². The molecule has 3 nitrogen and oxygen atoms in total. The van der Waals surface area contributed by atoms with Crippen molar-refractivity contribution in [2.45, 2.75) is 44.0 Å². The summed E-state index contributed by atoms with van der Waals surface area (Å²) in [5.41, 5.74) is 1.12. The first kappa shape index (κ1) is 14.9. The highest BCUT2D eigenvalue weighted by atomic mass is 79.9. The third-order valence-electron chi connectivity index (χ3n) is 3.62. The topological polar surface area (TPSA) is 43.4 Å². The van der Waals surface area contributed by atoms with Crippen molar-refractivity contribution in [1.29, 1.82) is 0 Å². The summed E-state index contributed by atoms with van der Waals surface area (Å²) in [6.07, 6.45) is 4.54. The highest BCUT2D eigenvalue weighted by molar-refractivity contribution is 9.10. The van der Waals surface area contributed by atoms with Crippen LogP contribution in [0.2, 0.25) is 0 Å². The molecule has 0 radical (unpaired) electrons. The fourth-order valence-corrected chi connectivity index (χ4v) is 3.89. The maximum Gasteiger partial charge on any atom is 0.150 e. The minimum atomic E-state index is -2.95. The molecule has 0 aliphatic heterocycles. The maximum absolute atomic E-state index is 11.6.